The number of nitrogens with zero attached hydrogens (tertiary/aromatic N) is 2. The fraction of sp³-hybridized carbons (Fsp3) is 0.0909. The van der Waals surface area contributed by atoms with E-state index in [9.17, 15) is 14.9 Å². The van der Waals surface area contributed by atoms with Gasteiger partial charge in [-0.3, -0.25) is 14.9 Å². The molecule has 0 fully saturated rings. The van der Waals surface area contributed by atoms with Gasteiger partial charge in [0.2, 0.25) is 5.91 Å². The molecule has 7 nitrogen and oxygen atoms in total. The van der Waals surface area contributed by atoms with Gasteiger partial charge >= 0.3 is 0 Å². The standard InChI is InChI=1S/C22H17ClIN3O4/c23-18-7-3-1-6-17(18)14-31-21-10-9-15(11-19(21)24)13-25-26-22(28)12-16-5-2-4-8-20(16)27(29)30/h1-11,13H,12,14H2,(H,26,28)/b25-13+. The summed E-state index contributed by atoms with van der Waals surface area (Å²) in [7, 11) is 0. The molecule has 9 heteroatoms. The Kier molecular flexibility index (Phi) is 7.96. The summed E-state index contributed by atoms with van der Waals surface area (Å²) in [6.07, 6.45) is 1.36. The van der Waals surface area contributed by atoms with E-state index >= 15 is 0 Å². The Morgan fingerprint density at radius 2 is 1.84 bits per heavy atom. The summed E-state index contributed by atoms with van der Waals surface area (Å²) in [6.45, 7) is 0.352. The summed E-state index contributed by atoms with van der Waals surface area (Å²) in [5.74, 6) is 0.262. The van der Waals surface area contributed by atoms with Crippen LogP contribution in [-0.4, -0.2) is 17.0 Å². The van der Waals surface area contributed by atoms with Crippen LogP contribution in [0.3, 0.4) is 0 Å². The number of hydrogen-bond acceptors (Lipinski definition) is 5. The van der Waals surface area contributed by atoms with Crippen molar-refractivity contribution in [1.29, 1.82) is 0 Å². The second kappa shape index (κ2) is 10.9. The van der Waals surface area contributed by atoms with Crippen molar-refractivity contribution < 1.29 is 14.5 Å². The van der Waals surface area contributed by atoms with E-state index in [1.165, 1.54) is 12.3 Å². The Bertz CT molecular complexity index is 1140. The van der Waals surface area contributed by atoms with Gasteiger partial charge in [0.05, 0.1) is 21.1 Å². The van der Waals surface area contributed by atoms with Crippen LogP contribution in [0.1, 0.15) is 16.7 Å². The van der Waals surface area contributed by atoms with Gasteiger partial charge in [-0.2, -0.15) is 5.10 Å². The Morgan fingerprint density at radius 1 is 1.13 bits per heavy atom. The van der Waals surface area contributed by atoms with E-state index < -0.39 is 10.8 Å². The molecule has 3 aromatic carbocycles. The molecule has 0 bridgehead atoms. The second-order valence-corrected chi connectivity index (χ2v) is 8.00. The number of nitro groups is 1. The predicted molar refractivity (Wildman–Crippen MR) is 127 cm³/mol. The van der Waals surface area contributed by atoms with E-state index in [0.717, 1.165) is 14.7 Å². The molecule has 31 heavy (non-hydrogen) atoms. The maximum Gasteiger partial charge on any atom is 0.273 e. The number of hydrogen-bond donors (Lipinski definition) is 1. The second-order valence-electron chi connectivity index (χ2n) is 6.43. The first-order valence-corrected chi connectivity index (χ1v) is 10.6. The fourth-order valence-electron chi connectivity index (χ4n) is 2.72. The van der Waals surface area contributed by atoms with Crippen molar-refractivity contribution >= 4 is 52.0 Å². The largest absolute Gasteiger partial charge is 0.488 e. The third-order valence-corrected chi connectivity index (χ3v) is 5.45. The molecule has 0 atom stereocenters. The van der Waals surface area contributed by atoms with Crippen molar-refractivity contribution in [3.8, 4) is 5.75 Å². The maximum atomic E-state index is 12.1. The van der Waals surface area contributed by atoms with Gasteiger partial charge in [0.15, 0.2) is 0 Å². The lowest BCUT2D eigenvalue weighted by Gasteiger charge is -2.10. The Morgan fingerprint density at radius 3 is 2.55 bits per heavy atom. The molecule has 3 rings (SSSR count). The molecule has 0 aliphatic carbocycles. The minimum atomic E-state index is -0.511. The topological polar surface area (TPSA) is 93.8 Å². The van der Waals surface area contributed by atoms with Gasteiger partial charge in [0, 0.05) is 22.2 Å². The molecule has 0 aliphatic heterocycles. The molecule has 0 spiro atoms. The van der Waals surface area contributed by atoms with Crippen LogP contribution in [-0.2, 0) is 17.8 Å². The molecule has 0 aromatic heterocycles. The van der Waals surface area contributed by atoms with E-state index in [2.05, 4.69) is 33.1 Å². The number of carbonyl (C=O) groups excluding carboxylic acids is 1. The molecule has 0 unspecified atom stereocenters. The first-order chi connectivity index (χ1) is 14.9. The molecular formula is C22H17ClIN3O4. The van der Waals surface area contributed by atoms with Crippen LogP contribution in [0.4, 0.5) is 5.69 Å². The van der Waals surface area contributed by atoms with Crippen molar-refractivity contribution in [2.45, 2.75) is 13.0 Å². The van der Waals surface area contributed by atoms with Crippen LogP contribution < -0.4 is 10.2 Å². The number of ether oxygens (including phenoxy) is 1. The molecule has 1 N–H and O–H groups in total. The highest BCUT2D eigenvalue weighted by atomic mass is 127. The van der Waals surface area contributed by atoms with Crippen LogP contribution in [0, 0.1) is 13.7 Å². The zero-order valence-electron chi connectivity index (χ0n) is 16.1. The number of hydrazone groups is 1. The number of carbonyl (C=O) groups is 1. The predicted octanol–water partition coefficient (Wildman–Crippen LogP) is 5.12. The number of rotatable bonds is 8. The van der Waals surface area contributed by atoms with Crippen molar-refractivity contribution in [2.24, 2.45) is 5.10 Å². The summed E-state index contributed by atoms with van der Waals surface area (Å²) in [4.78, 5) is 22.6. The first-order valence-electron chi connectivity index (χ1n) is 9.14. The number of nitrogens with one attached hydrogen (secondary N) is 1. The number of benzene rings is 3. The highest BCUT2D eigenvalue weighted by molar-refractivity contribution is 14.1. The Hall–Kier alpha value is -2.98. The average Bonchev–Trinajstić information content (AvgIpc) is 2.74. The van der Waals surface area contributed by atoms with Gasteiger partial charge in [-0.1, -0.05) is 48.0 Å². The molecule has 0 heterocycles. The highest BCUT2D eigenvalue weighted by Crippen LogP contribution is 2.24. The SMILES string of the molecule is O=C(Cc1ccccc1[N+](=O)[O-])N/N=C/c1ccc(OCc2ccccc2Cl)c(I)c1. The normalized spacial score (nSPS) is 10.8. The molecule has 158 valence electrons. The average molecular weight is 550 g/mol. The van der Waals surface area contributed by atoms with E-state index in [0.29, 0.717) is 22.9 Å². The monoisotopic (exact) mass is 549 g/mol. The molecular weight excluding hydrogens is 533 g/mol. The van der Waals surface area contributed by atoms with Gasteiger partial charge in [-0.25, -0.2) is 5.43 Å². The summed E-state index contributed by atoms with van der Waals surface area (Å²) < 4.78 is 6.71. The van der Waals surface area contributed by atoms with E-state index in [4.69, 9.17) is 16.3 Å². The van der Waals surface area contributed by atoms with Crippen LogP contribution in [0.5, 0.6) is 5.75 Å². The summed E-state index contributed by atoms with van der Waals surface area (Å²) in [6, 6.07) is 19.1. The van der Waals surface area contributed by atoms with Crippen molar-refractivity contribution in [2.75, 3.05) is 0 Å². The lowest BCUT2D eigenvalue weighted by atomic mass is 10.1. The molecule has 0 saturated heterocycles. The van der Waals surface area contributed by atoms with Gasteiger partial charge < -0.3 is 4.74 Å². The summed E-state index contributed by atoms with van der Waals surface area (Å²) >= 11 is 8.30. The lowest BCUT2D eigenvalue weighted by Crippen LogP contribution is -2.20. The van der Waals surface area contributed by atoms with Crippen LogP contribution >= 0.6 is 34.2 Å². The minimum absolute atomic E-state index is 0.0939. The number of halogens is 2. The van der Waals surface area contributed by atoms with Crippen molar-refractivity contribution in [3.63, 3.8) is 0 Å². The summed E-state index contributed by atoms with van der Waals surface area (Å²) in [5, 5.41) is 15.6. The first kappa shape index (κ1) is 22.7. The van der Waals surface area contributed by atoms with Crippen LogP contribution in [0.15, 0.2) is 71.8 Å². The lowest BCUT2D eigenvalue weighted by molar-refractivity contribution is -0.385. The summed E-state index contributed by atoms with van der Waals surface area (Å²) in [5.41, 5.74) is 4.29. The number of para-hydroxylation sites is 1. The molecule has 3 aromatic rings. The molecule has 0 saturated carbocycles. The fourth-order valence-corrected chi connectivity index (χ4v) is 3.60. The Balaban J connectivity index is 1.56. The van der Waals surface area contributed by atoms with Gasteiger partial charge in [0.1, 0.15) is 12.4 Å². The number of nitro benzene ring substituents is 1. The third kappa shape index (κ3) is 6.50. The minimum Gasteiger partial charge on any atom is -0.488 e. The van der Waals surface area contributed by atoms with Crippen LogP contribution in [0.25, 0.3) is 0 Å². The Labute approximate surface area is 197 Å². The maximum absolute atomic E-state index is 12.1. The van der Waals surface area contributed by atoms with Crippen molar-refractivity contribution in [1.82, 2.24) is 5.43 Å². The molecule has 0 aliphatic rings. The van der Waals surface area contributed by atoms with Crippen LogP contribution in [0.2, 0.25) is 5.02 Å². The van der Waals surface area contributed by atoms with E-state index in [1.807, 2.05) is 42.5 Å². The van der Waals surface area contributed by atoms with Crippen molar-refractivity contribution in [3.05, 3.63) is 102 Å². The van der Waals surface area contributed by atoms with Gasteiger partial charge in [-0.05, 0) is 52.4 Å². The quantitative estimate of drug-likeness (QED) is 0.183. The number of amides is 1. The van der Waals surface area contributed by atoms with E-state index in [-0.39, 0.29) is 12.1 Å². The highest BCUT2D eigenvalue weighted by Gasteiger charge is 2.15. The zero-order chi connectivity index (χ0) is 22.2. The van der Waals surface area contributed by atoms with E-state index in [1.54, 1.807) is 18.2 Å². The zero-order valence-corrected chi connectivity index (χ0v) is 19.0. The smallest absolute Gasteiger partial charge is 0.273 e. The third-order valence-electron chi connectivity index (χ3n) is 4.24. The van der Waals surface area contributed by atoms with Gasteiger partial charge in [-0.15, -0.1) is 0 Å². The molecule has 0 radical (unpaired) electrons. The van der Waals surface area contributed by atoms with Gasteiger partial charge in [0.25, 0.3) is 5.69 Å². The molecule has 1 amide bonds.